The molecule has 22 heavy (non-hydrogen) atoms. The fourth-order valence-corrected chi connectivity index (χ4v) is 1.84. The van der Waals surface area contributed by atoms with Crippen LogP contribution >= 0.6 is 0 Å². The van der Waals surface area contributed by atoms with Crippen LogP contribution in [0.1, 0.15) is 44.9 Å². The van der Waals surface area contributed by atoms with Crippen molar-refractivity contribution in [3.8, 4) is 0 Å². The van der Waals surface area contributed by atoms with E-state index in [9.17, 15) is 14.4 Å². The lowest BCUT2D eigenvalue weighted by Crippen LogP contribution is -2.23. The zero-order valence-corrected chi connectivity index (χ0v) is 13.3. The smallest absolute Gasteiger partial charge is 0.312 e. The molecule has 128 valence electrons. The Hall–Kier alpha value is -1.63. The summed E-state index contributed by atoms with van der Waals surface area (Å²) in [6.07, 6.45) is 3.31. The topological polar surface area (TPSA) is 99.1 Å². The van der Waals surface area contributed by atoms with Gasteiger partial charge in [0.2, 0.25) is 0 Å². The highest BCUT2D eigenvalue weighted by Crippen LogP contribution is 2.12. The fourth-order valence-electron chi connectivity index (χ4n) is 1.84. The SMILES string of the molecule is COC(=O)CCCCC(=O)OCC(CCCCO)C(=O)OC. The van der Waals surface area contributed by atoms with Crippen LogP contribution in [0.3, 0.4) is 0 Å². The Morgan fingerprint density at radius 1 is 0.909 bits per heavy atom. The molecule has 0 saturated carbocycles. The molecule has 0 aliphatic rings. The number of esters is 3. The summed E-state index contributed by atoms with van der Waals surface area (Å²) in [6, 6.07) is 0. The van der Waals surface area contributed by atoms with E-state index >= 15 is 0 Å². The minimum atomic E-state index is -0.504. The summed E-state index contributed by atoms with van der Waals surface area (Å²) in [5.74, 6) is -1.63. The van der Waals surface area contributed by atoms with Crippen LogP contribution in [0.4, 0.5) is 0 Å². The number of ether oxygens (including phenoxy) is 3. The minimum Gasteiger partial charge on any atom is -0.469 e. The van der Waals surface area contributed by atoms with Gasteiger partial charge in [0, 0.05) is 19.4 Å². The number of aliphatic hydroxyl groups is 1. The molecule has 0 amide bonds. The summed E-state index contributed by atoms with van der Waals surface area (Å²) in [6.45, 7) is 0.0435. The maximum Gasteiger partial charge on any atom is 0.312 e. The summed E-state index contributed by atoms with van der Waals surface area (Å²) >= 11 is 0. The Balaban J connectivity index is 3.94. The summed E-state index contributed by atoms with van der Waals surface area (Å²) < 4.78 is 14.2. The molecule has 0 aromatic heterocycles. The first-order chi connectivity index (χ1) is 10.5. The number of hydrogen-bond acceptors (Lipinski definition) is 7. The summed E-state index contributed by atoms with van der Waals surface area (Å²) in [4.78, 5) is 34.0. The van der Waals surface area contributed by atoms with Gasteiger partial charge in [-0.1, -0.05) is 6.42 Å². The lowest BCUT2D eigenvalue weighted by molar-refractivity contribution is -0.153. The van der Waals surface area contributed by atoms with Gasteiger partial charge in [-0.15, -0.1) is 0 Å². The van der Waals surface area contributed by atoms with Crippen LogP contribution < -0.4 is 0 Å². The van der Waals surface area contributed by atoms with Crippen LogP contribution in [0.15, 0.2) is 0 Å². The molecular weight excluding hydrogens is 292 g/mol. The highest BCUT2D eigenvalue weighted by Gasteiger charge is 2.20. The molecule has 0 heterocycles. The highest BCUT2D eigenvalue weighted by molar-refractivity contribution is 5.74. The maximum absolute atomic E-state index is 11.6. The quantitative estimate of drug-likeness (QED) is 0.328. The van der Waals surface area contributed by atoms with Gasteiger partial charge in [0.25, 0.3) is 0 Å². The Bertz CT molecular complexity index is 341. The predicted octanol–water partition coefficient (Wildman–Crippen LogP) is 1.21. The molecule has 0 aromatic carbocycles. The van der Waals surface area contributed by atoms with Crippen LogP contribution in [0.2, 0.25) is 0 Å². The van der Waals surface area contributed by atoms with Gasteiger partial charge >= 0.3 is 17.9 Å². The molecule has 0 rings (SSSR count). The fraction of sp³-hybridized carbons (Fsp3) is 0.800. The maximum atomic E-state index is 11.6. The first kappa shape index (κ1) is 20.4. The third-order valence-corrected chi connectivity index (χ3v) is 3.18. The van der Waals surface area contributed by atoms with Crippen molar-refractivity contribution >= 4 is 17.9 Å². The Morgan fingerprint density at radius 2 is 1.55 bits per heavy atom. The lowest BCUT2D eigenvalue weighted by atomic mass is 10.0. The van der Waals surface area contributed by atoms with Crippen molar-refractivity contribution in [1.82, 2.24) is 0 Å². The predicted molar refractivity (Wildman–Crippen MR) is 77.9 cm³/mol. The molecule has 7 nitrogen and oxygen atoms in total. The molecule has 0 aliphatic carbocycles. The van der Waals surface area contributed by atoms with Crippen molar-refractivity contribution in [2.75, 3.05) is 27.4 Å². The Morgan fingerprint density at radius 3 is 2.09 bits per heavy atom. The van der Waals surface area contributed by atoms with Gasteiger partial charge in [0.1, 0.15) is 6.61 Å². The number of carbonyl (C=O) groups is 3. The zero-order chi connectivity index (χ0) is 16.8. The van der Waals surface area contributed by atoms with E-state index in [1.165, 1.54) is 14.2 Å². The first-order valence-electron chi connectivity index (χ1n) is 7.46. The zero-order valence-electron chi connectivity index (χ0n) is 13.3. The molecule has 7 heteroatoms. The number of methoxy groups -OCH3 is 2. The summed E-state index contributed by atoms with van der Waals surface area (Å²) in [5.41, 5.74) is 0. The molecule has 0 aliphatic heterocycles. The Labute approximate surface area is 130 Å². The summed E-state index contributed by atoms with van der Waals surface area (Å²) in [7, 11) is 2.61. The number of carbonyl (C=O) groups excluding carboxylic acids is 3. The Kier molecular flexibility index (Phi) is 12.1. The average molecular weight is 318 g/mol. The molecule has 0 spiro atoms. The van der Waals surface area contributed by atoms with E-state index in [1.54, 1.807) is 0 Å². The second-order valence-electron chi connectivity index (χ2n) is 4.91. The summed E-state index contributed by atoms with van der Waals surface area (Å²) in [5, 5.41) is 8.74. The average Bonchev–Trinajstić information content (AvgIpc) is 2.53. The first-order valence-corrected chi connectivity index (χ1v) is 7.46. The van der Waals surface area contributed by atoms with Gasteiger partial charge in [0.15, 0.2) is 0 Å². The molecule has 0 saturated heterocycles. The standard InChI is InChI=1S/C15H26O7/c1-20-13(17)8-3-4-9-14(18)22-11-12(15(19)21-2)7-5-6-10-16/h12,16H,3-11H2,1-2H3. The molecule has 1 unspecified atom stereocenters. The molecule has 0 fully saturated rings. The molecule has 0 bridgehead atoms. The van der Waals surface area contributed by atoms with Gasteiger partial charge in [-0.25, -0.2) is 0 Å². The third-order valence-electron chi connectivity index (χ3n) is 3.18. The van der Waals surface area contributed by atoms with Gasteiger partial charge in [-0.05, 0) is 25.7 Å². The van der Waals surface area contributed by atoms with E-state index in [2.05, 4.69) is 9.47 Å². The van der Waals surface area contributed by atoms with Gasteiger partial charge in [-0.3, -0.25) is 14.4 Å². The van der Waals surface area contributed by atoms with Crippen molar-refractivity contribution in [1.29, 1.82) is 0 Å². The molecule has 1 N–H and O–H groups in total. The van der Waals surface area contributed by atoms with E-state index < -0.39 is 17.9 Å². The van der Waals surface area contributed by atoms with E-state index in [4.69, 9.17) is 9.84 Å². The number of unbranched alkanes of at least 4 members (excludes halogenated alkanes) is 2. The molecule has 1 atom stereocenters. The number of rotatable bonds is 12. The lowest BCUT2D eigenvalue weighted by Gasteiger charge is -2.14. The van der Waals surface area contributed by atoms with Crippen LogP contribution in [0.25, 0.3) is 0 Å². The number of aliphatic hydroxyl groups excluding tert-OH is 1. The van der Waals surface area contributed by atoms with E-state index in [0.29, 0.717) is 32.1 Å². The van der Waals surface area contributed by atoms with E-state index in [0.717, 1.165) is 0 Å². The second kappa shape index (κ2) is 13.1. The van der Waals surface area contributed by atoms with Crippen molar-refractivity contribution in [3.05, 3.63) is 0 Å². The normalized spacial score (nSPS) is 11.6. The van der Waals surface area contributed by atoms with Crippen LogP contribution in [0.5, 0.6) is 0 Å². The van der Waals surface area contributed by atoms with Crippen LogP contribution in [0, 0.1) is 5.92 Å². The number of hydrogen-bond donors (Lipinski definition) is 1. The van der Waals surface area contributed by atoms with Gasteiger partial charge in [-0.2, -0.15) is 0 Å². The minimum absolute atomic E-state index is 0.0199. The van der Waals surface area contributed by atoms with Crippen molar-refractivity contribution < 1.29 is 33.7 Å². The second-order valence-corrected chi connectivity index (χ2v) is 4.91. The van der Waals surface area contributed by atoms with Crippen molar-refractivity contribution in [2.24, 2.45) is 5.92 Å². The van der Waals surface area contributed by atoms with Crippen molar-refractivity contribution in [2.45, 2.75) is 44.9 Å². The van der Waals surface area contributed by atoms with Crippen LogP contribution in [-0.4, -0.2) is 50.4 Å². The van der Waals surface area contributed by atoms with Crippen molar-refractivity contribution in [3.63, 3.8) is 0 Å². The molecule has 0 aromatic rings. The van der Waals surface area contributed by atoms with Gasteiger partial charge < -0.3 is 19.3 Å². The monoisotopic (exact) mass is 318 g/mol. The van der Waals surface area contributed by atoms with E-state index in [1.807, 2.05) is 0 Å². The highest BCUT2D eigenvalue weighted by atomic mass is 16.5. The van der Waals surface area contributed by atoms with E-state index in [-0.39, 0.29) is 32.0 Å². The van der Waals surface area contributed by atoms with Crippen LogP contribution in [-0.2, 0) is 28.6 Å². The molecular formula is C15H26O7. The largest absolute Gasteiger partial charge is 0.469 e. The third kappa shape index (κ3) is 10.1. The molecule has 0 radical (unpaired) electrons. The van der Waals surface area contributed by atoms with Gasteiger partial charge in [0.05, 0.1) is 20.1 Å².